The Bertz CT molecular complexity index is 379. The second kappa shape index (κ2) is 4.09. The summed E-state index contributed by atoms with van der Waals surface area (Å²) in [5.74, 6) is 0. The van der Waals surface area contributed by atoms with Crippen LogP contribution in [0.25, 0.3) is 0 Å². The number of thiol groups is 1. The van der Waals surface area contributed by atoms with Crippen LogP contribution in [0.15, 0.2) is 29.2 Å². The number of rotatable bonds is 1. The summed E-state index contributed by atoms with van der Waals surface area (Å²) in [5, 5.41) is 8.97. The molecular weight excluding hydrogens is 270 g/mol. The van der Waals surface area contributed by atoms with Crippen LogP contribution in [0.2, 0.25) is 0 Å². The van der Waals surface area contributed by atoms with Crippen molar-refractivity contribution in [3.05, 3.63) is 29.8 Å². The number of aliphatic hydroxyl groups is 1. The zero-order valence-corrected chi connectivity index (χ0v) is 8.87. The molecule has 0 bridgehead atoms. The molecule has 0 fully saturated rings. The third-order valence-electron chi connectivity index (χ3n) is 2.11. The van der Waals surface area contributed by atoms with E-state index in [4.69, 9.17) is 5.11 Å². The van der Waals surface area contributed by atoms with Gasteiger partial charge in [-0.1, -0.05) is 12.1 Å². The molecule has 1 N–H and O–H groups in total. The zero-order chi connectivity index (χ0) is 13.5. The van der Waals surface area contributed by atoms with E-state index in [2.05, 4.69) is 12.6 Å². The van der Waals surface area contributed by atoms with Crippen LogP contribution in [0.1, 0.15) is 5.56 Å². The highest BCUT2D eigenvalue weighted by Crippen LogP contribution is 2.49. The Morgan fingerprint density at radius 1 is 0.824 bits per heavy atom. The third kappa shape index (κ3) is 2.37. The molecule has 0 spiro atoms. The van der Waals surface area contributed by atoms with E-state index in [-0.39, 0.29) is 4.90 Å². The average molecular weight is 276 g/mol. The van der Waals surface area contributed by atoms with Crippen LogP contribution in [0.5, 0.6) is 0 Å². The molecule has 0 saturated carbocycles. The highest BCUT2D eigenvalue weighted by atomic mass is 32.1. The first-order valence-electron chi connectivity index (χ1n) is 4.15. The molecule has 0 aliphatic heterocycles. The van der Waals surface area contributed by atoms with Crippen molar-refractivity contribution in [2.45, 2.75) is 22.8 Å². The first kappa shape index (κ1) is 14.2. The summed E-state index contributed by atoms with van der Waals surface area (Å²) in [6.45, 7) is 0. The summed E-state index contributed by atoms with van der Waals surface area (Å²) in [5.41, 5.74) is -6.17. The molecule has 0 amide bonds. The Hall–Kier alpha value is -0.890. The second-order valence-electron chi connectivity index (χ2n) is 3.25. The van der Waals surface area contributed by atoms with Crippen LogP contribution in [-0.2, 0) is 5.60 Å². The lowest BCUT2D eigenvalue weighted by Crippen LogP contribution is -2.53. The number of hydrogen-bond acceptors (Lipinski definition) is 2. The maximum absolute atomic E-state index is 12.4. The number of halogens is 6. The zero-order valence-electron chi connectivity index (χ0n) is 7.97. The lowest BCUT2D eigenvalue weighted by atomic mass is 9.92. The van der Waals surface area contributed by atoms with Gasteiger partial charge >= 0.3 is 12.4 Å². The van der Waals surface area contributed by atoms with Crippen molar-refractivity contribution in [1.29, 1.82) is 0 Å². The Kier molecular flexibility index (Phi) is 3.41. The molecule has 17 heavy (non-hydrogen) atoms. The van der Waals surface area contributed by atoms with Gasteiger partial charge in [0.15, 0.2) is 0 Å². The van der Waals surface area contributed by atoms with E-state index in [0.29, 0.717) is 12.1 Å². The Labute approximate surface area is 97.5 Å². The molecule has 0 aromatic heterocycles. The molecule has 0 heterocycles. The Morgan fingerprint density at radius 2 is 1.18 bits per heavy atom. The van der Waals surface area contributed by atoms with Gasteiger partial charge in [0.1, 0.15) is 0 Å². The van der Waals surface area contributed by atoms with Gasteiger partial charge in [0.25, 0.3) is 5.60 Å². The largest absolute Gasteiger partial charge is 0.430 e. The standard InChI is InChI=1S/C9H6F6OS/c10-8(11,12)7(16,9(13,14)15)5-1-3-6(17)4-2-5/h1-4,16-17H. The van der Waals surface area contributed by atoms with Crippen LogP contribution < -0.4 is 0 Å². The van der Waals surface area contributed by atoms with Crippen molar-refractivity contribution in [2.75, 3.05) is 0 Å². The van der Waals surface area contributed by atoms with E-state index in [9.17, 15) is 26.3 Å². The van der Waals surface area contributed by atoms with Gasteiger partial charge in [-0.2, -0.15) is 26.3 Å². The van der Waals surface area contributed by atoms with Crippen LogP contribution in [-0.4, -0.2) is 17.5 Å². The van der Waals surface area contributed by atoms with Crippen molar-refractivity contribution in [2.24, 2.45) is 0 Å². The van der Waals surface area contributed by atoms with Gasteiger partial charge < -0.3 is 5.11 Å². The van der Waals surface area contributed by atoms with E-state index >= 15 is 0 Å². The molecule has 1 aromatic rings. The molecule has 0 unspecified atom stereocenters. The van der Waals surface area contributed by atoms with Gasteiger partial charge in [-0.05, 0) is 12.1 Å². The molecule has 1 rings (SSSR count). The van der Waals surface area contributed by atoms with Gasteiger partial charge in [-0.15, -0.1) is 12.6 Å². The summed E-state index contributed by atoms with van der Waals surface area (Å²) in [6.07, 6.45) is -11.7. The summed E-state index contributed by atoms with van der Waals surface area (Å²) >= 11 is 3.73. The minimum atomic E-state index is -5.86. The van der Waals surface area contributed by atoms with Crippen LogP contribution >= 0.6 is 12.6 Å². The van der Waals surface area contributed by atoms with Crippen LogP contribution in [0.3, 0.4) is 0 Å². The van der Waals surface area contributed by atoms with Gasteiger partial charge in [-0.3, -0.25) is 0 Å². The summed E-state index contributed by atoms with van der Waals surface area (Å²) in [4.78, 5) is 0.181. The highest BCUT2D eigenvalue weighted by molar-refractivity contribution is 7.80. The molecule has 0 aliphatic rings. The van der Waals surface area contributed by atoms with Gasteiger partial charge in [-0.25, -0.2) is 0 Å². The predicted molar refractivity (Wildman–Crippen MR) is 49.7 cm³/mol. The van der Waals surface area contributed by atoms with E-state index in [1.165, 1.54) is 0 Å². The minimum absolute atomic E-state index is 0.181. The molecule has 1 aromatic carbocycles. The van der Waals surface area contributed by atoms with Crippen LogP contribution in [0, 0.1) is 0 Å². The fraction of sp³-hybridized carbons (Fsp3) is 0.333. The normalized spacial score (nSPS) is 13.9. The third-order valence-corrected chi connectivity index (χ3v) is 2.40. The topological polar surface area (TPSA) is 20.2 Å². The fourth-order valence-electron chi connectivity index (χ4n) is 1.19. The quantitative estimate of drug-likeness (QED) is 0.595. The van der Waals surface area contributed by atoms with E-state index in [0.717, 1.165) is 12.1 Å². The number of alkyl halides is 6. The van der Waals surface area contributed by atoms with E-state index in [1.54, 1.807) is 0 Å². The van der Waals surface area contributed by atoms with E-state index < -0.39 is 23.5 Å². The first-order valence-corrected chi connectivity index (χ1v) is 4.60. The van der Waals surface area contributed by atoms with Gasteiger partial charge in [0.05, 0.1) is 0 Å². The molecule has 0 radical (unpaired) electrons. The van der Waals surface area contributed by atoms with Crippen molar-refractivity contribution in [3.63, 3.8) is 0 Å². The van der Waals surface area contributed by atoms with E-state index in [1.807, 2.05) is 0 Å². The molecule has 0 aliphatic carbocycles. The maximum Gasteiger partial charge on any atom is 0.430 e. The van der Waals surface area contributed by atoms with Gasteiger partial charge in [0.2, 0.25) is 0 Å². The van der Waals surface area contributed by atoms with Gasteiger partial charge in [0, 0.05) is 10.5 Å². The summed E-state index contributed by atoms with van der Waals surface area (Å²) in [7, 11) is 0. The van der Waals surface area contributed by atoms with Crippen LogP contribution in [0.4, 0.5) is 26.3 Å². The SMILES string of the molecule is OC(c1ccc(S)cc1)(C(F)(F)F)C(F)(F)F. The molecule has 1 nitrogen and oxygen atoms in total. The Balaban J connectivity index is 3.41. The van der Waals surface area contributed by atoms with Crippen molar-refractivity contribution >= 4 is 12.6 Å². The Morgan fingerprint density at radius 3 is 1.47 bits per heavy atom. The molecule has 0 saturated heterocycles. The predicted octanol–water partition coefficient (Wildman–Crippen LogP) is 3.29. The lowest BCUT2D eigenvalue weighted by Gasteiger charge is -2.32. The van der Waals surface area contributed by atoms with Crippen molar-refractivity contribution in [3.8, 4) is 0 Å². The summed E-state index contributed by atoms with van der Waals surface area (Å²) < 4.78 is 74.4. The summed E-state index contributed by atoms with van der Waals surface area (Å²) in [6, 6.07) is 2.93. The highest BCUT2D eigenvalue weighted by Gasteiger charge is 2.71. The second-order valence-corrected chi connectivity index (χ2v) is 3.77. The fourth-order valence-corrected chi connectivity index (χ4v) is 1.34. The lowest BCUT2D eigenvalue weighted by molar-refractivity contribution is -0.376. The monoisotopic (exact) mass is 276 g/mol. The average Bonchev–Trinajstić information content (AvgIpc) is 2.14. The van der Waals surface area contributed by atoms with Crippen molar-refractivity contribution in [1.82, 2.24) is 0 Å². The molecule has 8 heteroatoms. The van der Waals surface area contributed by atoms with Crippen molar-refractivity contribution < 1.29 is 31.4 Å². The smallest absolute Gasteiger partial charge is 0.369 e. The molecular formula is C9H6F6OS. The first-order chi connectivity index (χ1) is 7.50. The minimum Gasteiger partial charge on any atom is -0.369 e. The molecule has 0 atom stereocenters. The number of benzene rings is 1. The number of hydrogen-bond donors (Lipinski definition) is 2. The molecule has 96 valence electrons. The maximum atomic E-state index is 12.4.